The summed E-state index contributed by atoms with van der Waals surface area (Å²) in [5.41, 5.74) is 15.2. The molecule has 1 aromatic heterocycles. The number of piperidine rings is 5. The van der Waals surface area contributed by atoms with Gasteiger partial charge in [0, 0.05) is 120 Å². The molecule has 0 aliphatic carbocycles. The summed E-state index contributed by atoms with van der Waals surface area (Å²) in [6, 6.07) is 29.5. The lowest BCUT2D eigenvalue weighted by molar-refractivity contribution is -0.385. The molecule has 9 N–H and O–H groups in total. The average molecular weight is 1970 g/mol. The lowest BCUT2D eigenvalue weighted by Crippen LogP contribution is -2.35. The molecular weight excluding hydrogens is 1820 g/mol. The van der Waals surface area contributed by atoms with Crippen LogP contribution in [0.15, 0.2) is 114 Å². The highest BCUT2D eigenvalue weighted by molar-refractivity contribution is 14.1. The maximum atomic E-state index is 13.3. The minimum atomic E-state index is -0.980. The molecular formula is C94H149BrClFIN11O17. The van der Waals surface area contributed by atoms with E-state index in [2.05, 4.69) is 108 Å². The van der Waals surface area contributed by atoms with Gasteiger partial charge in [-0.15, -0.1) is 12.4 Å². The first-order chi connectivity index (χ1) is 59.6. The van der Waals surface area contributed by atoms with Crippen molar-refractivity contribution in [1.82, 2.24) is 34.5 Å². The predicted molar refractivity (Wildman–Crippen MR) is 523 cm³/mol. The number of aryl methyl sites for hydroxylation is 3. The number of benzene rings is 6. The second-order valence-electron chi connectivity index (χ2n) is 31.7. The summed E-state index contributed by atoms with van der Waals surface area (Å²) in [6.45, 7) is 36.3. The lowest BCUT2D eigenvalue weighted by Gasteiger charge is -2.30. The molecule has 5 fully saturated rings. The van der Waals surface area contributed by atoms with Crippen molar-refractivity contribution in [2.75, 3.05) is 182 Å². The Kier molecular flexibility index (Phi) is 62.0. The Labute approximate surface area is 777 Å². The number of nitro benzene ring substituents is 2. The largest absolute Gasteiger partial charge is 0.494 e. The zero-order chi connectivity index (χ0) is 91.9. The number of alkyl halides is 2. The number of nitrogens with zero attached hydrogens (tertiary/aromatic N) is 8. The molecule has 0 spiro atoms. The molecule has 0 saturated carbocycles. The first-order valence-electron chi connectivity index (χ1n) is 43.2. The number of likely N-dealkylation sites (tertiary alicyclic amines) is 4. The molecule has 32 heteroatoms. The summed E-state index contributed by atoms with van der Waals surface area (Å²) in [5.74, 6) is 6.88. The Morgan fingerprint density at radius 2 is 0.944 bits per heavy atom. The van der Waals surface area contributed by atoms with Crippen LogP contribution < -0.4 is 55.5 Å². The van der Waals surface area contributed by atoms with Gasteiger partial charge in [-0.2, -0.15) is 0 Å². The third-order valence-corrected chi connectivity index (χ3v) is 21.6. The topological polar surface area (TPSA) is 361 Å². The van der Waals surface area contributed by atoms with Crippen LogP contribution in [0.4, 0.5) is 27.1 Å². The number of nitrogens with one attached hydrogen (secondary N) is 1. The Hall–Kier alpha value is -7.96. The van der Waals surface area contributed by atoms with Gasteiger partial charge in [-0.25, -0.2) is 14.2 Å². The van der Waals surface area contributed by atoms with E-state index in [1.165, 1.54) is 150 Å². The lowest BCUT2D eigenvalue weighted by atomic mass is 10.0. The molecule has 6 aromatic carbocycles. The Bertz CT molecular complexity index is 4240. The second-order valence-corrected chi connectivity index (χ2v) is 32.5. The highest BCUT2D eigenvalue weighted by Crippen LogP contribution is 2.33. The molecule has 710 valence electrons. The van der Waals surface area contributed by atoms with Gasteiger partial charge in [0.2, 0.25) is 5.75 Å². The van der Waals surface area contributed by atoms with Crippen molar-refractivity contribution in [2.45, 2.75) is 159 Å². The number of anilines is 2. The minimum absolute atomic E-state index is 0. The standard InChI is InChI=1S/C26H33N3O3.C16H24N2O4.C16H26N2O2.C9H19NO.C8H9NO2.C7H6FNO3.C6H13N.C3H7BrO.CH3I.CH4O.CH4.ClH/c1-18-8-10-23-22(15-18)26(30)29(20(3)27-23)24-11-9-21(16-25(24)31-4)32-14-6-13-28-12-5-7-19(2)17-28;1-13-5-3-8-17(12-13)9-4-10-22-14-6-7-15(18(19)20)16(11-14)21-2;1-13-5-3-8-18(12-13)9-4-10-20-14-6-7-15(17)16(11-14)19-2;1-9-4-2-5-10(8-9)6-3-7-11;1-5-2-3-7(9)6(4-5)8(10)11;1-12-7-4-5(8)2-3-6(7)9(10)11;1-6-3-2-4-7-5-6;4-2-1-3-5;2*1-2;;/h8-11,15-16,19H,5-7,12-14,17H2,1-4H3;6-7,11,13H,3-5,8-10,12H2,1-2H3;6-7,11,13H,3-5,8-10,12,17H2,1-2H3;9,11H,2-8H2,1H3;2-4H,9H2,1H3,(H,10,11);2-4H,1H3;6-7H,2-5H2,1H3;5H,1-3H2;1H3;2H,1H3;1H4;1H/t19-;2*13-;9-;;;6-;;;;;/m0000..0...../s1. The van der Waals surface area contributed by atoms with Crippen LogP contribution in [0, 0.1) is 76.4 Å². The van der Waals surface area contributed by atoms with E-state index < -0.39 is 21.6 Å². The molecule has 6 heterocycles. The van der Waals surface area contributed by atoms with Crippen molar-refractivity contribution < 1.29 is 72.6 Å². The zero-order valence-corrected chi connectivity index (χ0v) is 81.0. The van der Waals surface area contributed by atoms with Crippen molar-refractivity contribution in [3.8, 4) is 45.9 Å². The van der Waals surface area contributed by atoms with Crippen LogP contribution in [-0.2, 0) is 0 Å². The molecule has 5 saturated heterocycles. The fourth-order valence-electron chi connectivity index (χ4n) is 14.7. The minimum Gasteiger partial charge on any atom is -0.494 e. The number of methoxy groups -OCH3 is 4. The van der Waals surface area contributed by atoms with Gasteiger partial charge in [0.1, 0.15) is 40.4 Å². The van der Waals surface area contributed by atoms with Crippen molar-refractivity contribution in [3.05, 3.63) is 168 Å². The van der Waals surface area contributed by atoms with E-state index in [-0.39, 0.29) is 53.8 Å². The van der Waals surface area contributed by atoms with Gasteiger partial charge >= 0.3 is 17.3 Å². The number of nitrogens with two attached hydrogens (primary N) is 2. The maximum absolute atomic E-state index is 13.3. The van der Waals surface area contributed by atoms with Gasteiger partial charge in [-0.1, -0.05) is 104 Å². The molecule has 0 amide bonds. The smallest absolute Gasteiger partial charge is 0.337 e. The van der Waals surface area contributed by atoms with Gasteiger partial charge < -0.3 is 90.0 Å². The van der Waals surface area contributed by atoms with Gasteiger partial charge in [-0.05, 0) is 252 Å². The summed E-state index contributed by atoms with van der Waals surface area (Å²) in [4.78, 5) is 60.4. The number of hydrogen-bond donors (Lipinski definition) is 7. The average Bonchev–Trinajstić information content (AvgIpc) is 0.766. The monoisotopic (exact) mass is 1960 g/mol. The summed E-state index contributed by atoms with van der Waals surface area (Å²) >= 11 is 5.30. The van der Waals surface area contributed by atoms with Crippen LogP contribution in [0.1, 0.15) is 166 Å². The van der Waals surface area contributed by atoms with Crippen molar-refractivity contribution in [1.29, 1.82) is 0 Å². The number of aliphatic hydroxyl groups excluding tert-OH is 3. The number of aromatic carboxylic acids is 1. The first-order valence-corrected chi connectivity index (χ1v) is 46.5. The predicted octanol–water partition coefficient (Wildman–Crippen LogP) is 18.0. The Morgan fingerprint density at radius 3 is 1.33 bits per heavy atom. The van der Waals surface area contributed by atoms with E-state index in [0.29, 0.717) is 77.5 Å². The van der Waals surface area contributed by atoms with Gasteiger partial charge in [0.25, 0.3) is 5.56 Å². The summed E-state index contributed by atoms with van der Waals surface area (Å²) in [5, 5.41) is 58.3. The zero-order valence-electron chi connectivity index (χ0n) is 76.4. The Morgan fingerprint density at radius 1 is 0.548 bits per heavy atom. The number of rotatable bonds is 28. The molecule has 0 unspecified atom stereocenters. The van der Waals surface area contributed by atoms with Gasteiger partial charge in [-0.3, -0.25) is 29.6 Å². The highest BCUT2D eigenvalue weighted by atomic mass is 127. The van der Waals surface area contributed by atoms with Crippen molar-refractivity contribution >= 4 is 90.5 Å². The number of nitro groups is 2. The van der Waals surface area contributed by atoms with E-state index >= 15 is 0 Å². The number of ether oxygens (including phenoxy) is 7. The molecule has 5 aliphatic rings. The number of carboxylic acid groups (broad SMARTS) is 1. The van der Waals surface area contributed by atoms with E-state index in [1.54, 1.807) is 49.1 Å². The highest BCUT2D eigenvalue weighted by Gasteiger charge is 2.23. The SMILES string of the molecule is C.CI.CO.COc1cc(F)ccc1[N+](=O)[O-].COc1cc(OCCCN2CCC[C@H](C)C2)ccc1-n1c(C)nc2ccc(C)cc2c1=O.COc1cc(OCCCN2CCC[C@H](C)C2)ccc1N.COc1cc(OCCCN2CCC[C@H](C)C2)ccc1[N+](=O)[O-].C[C@H]1CCCN(CCCO)C1.C[C@H]1CCCNC1.Cc1ccc(N)c(C(=O)O)c1.Cl.OCCCBr. The van der Waals surface area contributed by atoms with Crippen LogP contribution in [-0.4, -0.2) is 236 Å². The van der Waals surface area contributed by atoms with Crippen LogP contribution in [0.25, 0.3) is 16.6 Å². The third-order valence-electron chi connectivity index (χ3n) is 21.0. The number of carbonyl (C=O) groups is 1. The quantitative estimate of drug-likeness (QED) is 0.00598. The molecule has 126 heavy (non-hydrogen) atoms. The molecule has 0 radical (unpaired) electrons. The fourth-order valence-corrected chi connectivity index (χ4v) is 15.0. The summed E-state index contributed by atoms with van der Waals surface area (Å²) in [7, 11) is 6.90. The van der Waals surface area contributed by atoms with Crippen molar-refractivity contribution in [2.24, 2.45) is 29.6 Å². The van der Waals surface area contributed by atoms with Gasteiger partial charge in [0.05, 0.1) is 85.9 Å². The number of aromatic nitrogens is 2. The molecule has 0 bridgehead atoms. The maximum Gasteiger partial charge on any atom is 0.337 e. The number of carboxylic acids is 1. The number of halogens is 4. The van der Waals surface area contributed by atoms with Crippen LogP contribution >= 0.6 is 50.9 Å². The summed E-state index contributed by atoms with van der Waals surface area (Å²) in [6.07, 6.45) is 18.3. The number of fused-ring (bicyclic) bond motifs is 1. The molecule has 28 nitrogen and oxygen atoms in total. The molecule has 7 aromatic rings. The van der Waals surface area contributed by atoms with Crippen LogP contribution in [0.5, 0.6) is 40.2 Å². The molecule has 5 aliphatic heterocycles. The van der Waals surface area contributed by atoms with E-state index in [4.69, 9.17) is 60.3 Å². The van der Waals surface area contributed by atoms with Gasteiger partial charge in [0.15, 0.2) is 5.75 Å². The fraction of sp³-hybridized carbons (Fsp3) is 0.585. The van der Waals surface area contributed by atoms with Crippen LogP contribution in [0.2, 0.25) is 0 Å². The Balaban J connectivity index is 0.000000754. The summed E-state index contributed by atoms with van der Waals surface area (Å²) < 4.78 is 52.0. The van der Waals surface area contributed by atoms with Crippen molar-refractivity contribution in [3.63, 3.8) is 0 Å². The molecule has 12 rings (SSSR count). The number of hydrogen-bond acceptors (Lipinski definition) is 24. The van der Waals surface area contributed by atoms with Crippen LogP contribution in [0.3, 0.4) is 0 Å². The number of nitrogen functional groups attached to an aromatic ring is 2. The van der Waals surface area contributed by atoms with E-state index in [1.807, 2.05) is 80.3 Å². The first kappa shape index (κ1) is 116. The van der Waals surface area contributed by atoms with E-state index in [0.717, 1.165) is 148 Å². The second kappa shape index (κ2) is 67.3. The third kappa shape index (κ3) is 44.9. The molecule has 5 atom stereocenters. The normalized spacial score (nSPS) is 17.1. The number of aliphatic hydroxyl groups is 3. The van der Waals surface area contributed by atoms with E-state index in [9.17, 15) is 34.2 Å².